The summed E-state index contributed by atoms with van der Waals surface area (Å²) in [6, 6.07) is 4.88. The van der Waals surface area contributed by atoms with Gasteiger partial charge >= 0.3 is 6.18 Å². The molecule has 2 heterocycles. The van der Waals surface area contributed by atoms with Gasteiger partial charge in [-0.3, -0.25) is 4.79 Å². The molecule has 1 saturated heterocycles. The lowest BCUT2D eigenvalue weighted by Gasteiger charge is -2.34. The average Bonchev–Trinajstić information content (AvgIpc) is 3.02. The average molecular weight is 397 g/mol. The largest absolute Gasteiger partial charge is 0.416 e. The van der Waals surface area contributed by atoms with Gasteiger partial charge in [-0.25, -0.2) is 4.98 Å². The third kappa shape index (κ3) is 4.32. The van der Waals surface area contributed by atoms with E-state index in [4.69, 9.17) is 5.73 Å². The first kappa shape index (κ1) is 19.8. The van der Waals surface area contributed by atoms with Crippen molar-refractivity contribution < 1.29 is 18.0 Å². The molecule has 1 aliphatic heterocycles. The Hall–Kier alpha value is -1.93. The molecular weight excluding hydrogens is 375 g/mol. The smallest absolute Gasteiger partial charge is 0.338 e. The molecule has 0 saturated carbocycles. The molecule has 1 aromatic heterocycles. The van der Waals surface area contributed by atoms with Gasteiger partial charge in [0.2, 0.25) is 0 Å². The van der Waals surface area contributed by atoms with Gasteiger partial charge in [-0.1, -0.05) is 12.1 Å². The number of benzene rings is 1. The van der Waals surface area contributed by atoms with Crippen molar-refractivity contribution in [1.82, 2.24) is 9.88 Å². The molecule has 146 valence electrons. The van der Waals surface area contributed by atoms with E-state index in [1.807, 2.05) is 11.8 Å². The molecule has 2 N–H and O–H groups in total. The zero-order valence-electron chi connectivity index (χ0n) is 15.2. The number of aromatic nitrogens is 1. The van der Waals surface area contributed by atoms with Gasteiger partial charge in [0.1, 0.15) is 9.88 Å². The van der Waals surface area contributed by atoms with Gasteiger partial charge in [-0.15, -0.1) is 11.3 Å². The minimum Gasteiger partial charge on any atom is -0.338 e. The first-order valence-corrected chi connectivity index (χ1v) is 9.68. The molecule has 4 nitrogen and oxygen atoms in total. The van der Waals surface area contributed by atoms with Crippen LogP contribution in [0.1, 0.15) is 40.7 Å². The number of nitrogens with zero attached hydrogens (tertiary/aromatic N) is 2. The SMILES string of the molecule is Cc1nc(-c2ccc(C(F)(F)F)cc2)sc1C(=O)N1CCC[C@@H]([C@@H](C)N)C1. The normalized spacial score (nSPS) is 19.2. The van der Waals surface area contributed by atoms with Gasteiger partial charge in [0.05, 0.1) is 11.3 Å². The summed E-state index contributed by atoms with van der Waals surface area (Å²) in [5, 5.41) is 0.547. The summed E-state index contributed by atoms with van der Waals surface area (Å²) in [6.45, 7) is 5.03. The molecule has 2 atom stereocenters. The quantitative estimate of drug-likeness (QED) is 0.838. The first-order valence-electron chi connectivity index (χ1n) is 8.86. The van der Waals surface area contributed by atoms with Gasteiger partial charge in [-0.2, -0.15) is 13.2 Å². The van der Waals surface area contributed by atoms with E-state index in [1.54, 1.807) is 6.92 Å². The Morgan fingerprint density at radius 3 is 2.59 bits per heavy atom. The number of rotatable bonds is 3. The Labute approximate surface area is 160 Å². The summed E-state index contributed by atoms with van der Waals surface area (Å²) in [5.74, 6) is 0.207. The van der Waals surface area contributed by atoms with Crippen molar-refractivity contribution in [2.75, 3.05) is 13.1 Å². The van der Waals surface area contributed by atoms with Crippen molar-refractivity contribution in [2.45, 2.75) is 38.9 Å². The summed E-state index contributed by atoms with van der Waals surface area (Å²) in [5.41, 5.74) is 6.46. The van der Waals surface area contributed by atoms with Gasteiger partial charge < -0.3 is 10.6 Å². The van der Waals surface area contributed by atoms with Crippen molar-refractivity contribution in [3.63, 3.8) is 0 Å². The molecule has 8 heteroatoms. The second kappa shape index (κ2) is 7.59. The topological polar surface area (TPSA) is 59.2 Å². The van der Waals surface area contributed by atoms with E-state index in [9.17, 15) is 18.0 Å². The molecular formula is C19H22F3N3OS. The minimum atomic E-state index is -4.37. The van der Waals surface area contributed by atoms with Crippen LogP contribution in [0.4, 0.5) is 13.2 Å². The number of likely N-dealkylation sites (tertiary alicyclic amines) is 1. The van der Waals surface area contributed by atoms with Crippen molar-refractivity contribution >= 4 is 17.2 Å². The molecule has 0 bridgehead atoms. The maximum Gasteiger partial charge on any atom is 0.416 e. The molecule has 1 amide bonds. The van der Waals surface area contributed by atoms with Gasteiger partial charge in [0.15, 0.2) is 0 Å². The Balaban J connectivity index is 1.81. The highest BCUT2D eigenvalue weighted by atomic mass is 32.1. The predicted octanol–water partition coefficient (Wildman–Crippen LogP) is 4.34. The standard InChI is InChI=1S/C19H22F3N3OS/c1-11(23)14-4-3-9-25(10-14)18(26)16-12(2)24-17(27-16)13-5-7-15(8-6-13)19(20,21)22/h5-8,11,14H,3-4,9-10,23H2,1-2H3/t11-,14-/m1/s1. The van der Waals surface area contributed by atoms with Crippen molar-refractivity contribution in [2.24, 2.45) is 11.7 Å². The molecule has 3 rings (SSSR count). The van der Waals surface area contributed by atoms with Crippen LogP contribution in [-0.2, 0) is 6.18 Å². The summed E-state index contributed by atoms with van der Waals surface area (Å²) in [6.07, 6.45) is -2.44. The third-order valence-electron chi connectivity index (χ3n) is 4.94. The zero-order valence-corrected chi connectivity index (χ0v) is 16.0. The highest BCUT2D eigenvalue weighted by molar-refractivity contribution is 7.17. The Bertz CT molecular complexity index is 815. The number of halogens is 3. The fraction of sp³-hybridized carbons (Fsp3) is 0.474. The number of piperidine rings is 1. The van der Waals surface area contributed by atoms with Crippen molar-refractivity contribution in [3.05, 3.63) is 40.4 Å². The number of carbonyl (C=O) groups excluding carboxylic acids is 1. The number of nitrogens with two attached hydrogens (primary N) is 1. The minimum absolute atomic E-state index is 0.0332. The summed E-state index contributed by atoms with van der Waals surface area (Å²) >= 11 is 1.22. The van der Waals surface area contributed by atoms with E-state index in [0.717, 1.165) is 25.0 Å². The van der Waals surface area contributed by atoms with Crippen LogP contribution in [0.2, 0.25) is 0 Å². The lowest BCUT2D eigenvalue weighted by atomic mass is 9.92. The van der Waals surface area contributed by atoms with Crippen LogP contribution in [0, 0.1) is 12.8 Å². The summed E-state index contributed by atoms with van der Waals surface area (Å²) in [4.78, 5) is 19.7. The second-order valence-corrected chi connectivity index (χ2v) is 8.02. The van der Waals surface area contributed by atoms with Crippen LogP contribution >= 0.6 is 11.3 Å². The molecule has 0 aliphatic carbocycles. The molecule has 1 aromatic carbocycles. The van der Waals surface area contributed by atoms with Crippen molar-refractivity contribution in [1.29, 1.82) is 0 Å². The molecule has 1 aliphatic rings. The Morgan fingerprint density at radius 2 is 2.00 bits per heavy atom. The predicted molar refractivity (Wildman–Crippen MR) is 99.6 cm³/mol. The lowest BCUT2D eigenvalue weighted by molar-refractivity contribution is -0.137. The van der Waals surface area contributed by atoms with E-state index in [2.05, 4.69) is 4.98 Å². The molecule has 2 aromatic rings. The van der Waals surface area contributed by atoms with Crippen LogP contribution in [0.3, 0.4) is 0 Å². The molecule has 1 fully saturated rings. The number of amides is 1. The number of alkyl halides is 3. The first-order chi connectivity index (χ1) is 12.7. The van der Waals surface area contributed by atoms with Crippen LogP contribution < -0.4 is 5.73 Å². The van der Waals surface area contributed by atoms with Gasteiger partial charge in [0.25, 0.3) is 5.91 Å². The van der Waals surface area contributed by atoms with Crippen molar-refractivity contribution in [3.8, 4) is 10.6 Å². The van der Waals surface area contributed by atoms with Crippen LogP contribution in [0.15, 0.2) is 24.3 Å². The number of hydrogen-bond acceptors (Lipinski definition) is 4. The second-order valence-electron chi connectivity index (χ2n) is 7.02. The highest BCUT2D eigenvalue weighted by Crippen LogP contribution is 2.33. The fourth-order valence-corrected chi connectivity index (χ4v) is 4.33. The Kier molecular flexibility index (Phi) is 5.58. The monoisotopic (exact) mass is 397 g/mol. The van der Waals surface area contributed by atoms with Gasteiger partial charge in [-0.05, 0) is 44.7 Å². The number of hydrogen-bond donors (Lipinski definition) is 1. The maximum absolute atomic E-state index is 12.9. The fourth-order valence-electron chi connectivity index (χ4n) is 3.29. The van der Waals surface area contributed by atoms with E-state index in [-0.39, 0.29) is 17.9 Å². The van der Waals surface area contributed by atoms with E-state index in [1.165, 1.54) is 23.5 Å². The number of aryl methyl sites for hydroxylation is 1. The Morgan fingerprint density at radius 1 is 1.33 bits per heavy atom. The third-order valence-corrected chi connectivity index (χ3v) is 6.13. The molecule has 0 spiro atoms. The van der Waals surface area contributed by atoms with E-state index < -0.39 is 11.7 Å². The number of carbonyl (C=O) groups is 1. The summed E-state index contributed by atoms with van der Waals surface area (Å²) in [7, 11) is 0. The molecule has 0 unspecified atom stereocenters. The van der Waals surface area contributed by atoms with Crippen LogP contribution in [-0.4, -0.2) is 34.9 Å². The number of thiazole rings is 1. The van der Waals surface area contributed by atoms with Gasteiger partial charge in [0, 0.05) is 24.7 Å². The summed E-state index contributed by atoms with van der Waals surface area (Å²) < 4.78 is 38.2. The van der Waals surface area contributed by atoms with Crippen LogP contribution in [0.5, 0.6) is 0 Å². The zero-order chi connectivity index (χ0) is 19.8. The maximum atomic E-state index is 12.9. The molecule has 0 radical (unpaired) electrons. The highest BCUT2D eigenvalue weighted by Gasteiger charge is 2.31. The van der Waals surface area contributed by atoms with E-state index >= 15 is 0 Å². The van der Waals surface area contributed by atoms with E-state index in [0.29, 0.717) is 34.2 Å². The van der Waals surface area contributed by atoms with Crippen LogP contribution in [0.25, 0.3) is 10.6 Å². The lowest BCUT2D eigenvalue weighted by Crippen LogP contribution is -2.45. The molecule has 27 heavy (non-hydrogen) atoms.